The number of hydrogen-bond acceptors (Lipinski definition) is 18. The maximum absolute atomic E-state index is 12.8. The lowest BCUT2D eigenvalue weighted by atomic mass is 10.1. The summed E-state index contributed by atoms with van der Waals surface area (Å²) in [4.78, 5) is 10.9. The highest BCUT2D eigenvalue weighted by Gasteiger charge is 2.22. The van der Waals surface area contributed by atoms with Gasteiger partial charge in [-0.25, -0.2) is 18.9 Å². The highest BCUT2D eigenvalue weighted by molar-refractivity contribution is 7.94. The molecule has 43 heavy (non-hydrogen) atoms. The van der Waals surface area contributed by atoms with Crippen LogP contribution in [0.5, 0.6) is 11.5 Å². The number of carbonyl (C=O) groups is 1. The number of methoxy groups -OCH3 is 1. The Kier molecular flexibility index (Phi) is 12.0. The molecule has 0 aliphatic heterocycles. The van der Waals surface area contributed by atoms with Gasteiger partial charge in [0.1, 0.15) is 17.1 Å². The smallest absolute Gasteiger partial charge is 0.294 e. The fourth-order valence-corrected chi connectivity index (χ4v) is 5.95. The lowest BCUT2D eigenvalue weighted by Gasteiger charge is -2.14. The molecule has 0 aromatic heterocycles. The normalized spacial score (nSPS) is 12.2. The molecule has 0 bridgehead atoms. The molecule has 0 aliphatic rings. The van der Waals surface area contributed by atoms with Gasteiger partial charge in [0.05, 0.1) is 51.9 Å². The Morgan fingerprint density at radius 1 is 1.00 bits per heavy atom. The summed E-state index contributed by atoms with van der Waals surface area (Å²) in [7, 11) is -7.43. The van der Waals surface area contributed by atoms with Gasteiger partial charge in [-0.1, -0.05) is 10.1 Å². The zero-order valence-electron chi connectivity index (χ0n) is 21.7. The number of sulfone groups is 1. The summed E-state index contributed by atoms with van der Waals surface area (Å²) < 4.78 is 77.2. The number of rotatable bonds is 15. The quantitative estimate of drug-likeness (QED) is 0.0372. The number of nitrogens with one attached hydrogen (secondary N) is 1. The molecule has 0 heterocycles. The minimum Gasteiger partial charge on any atom is -0.505 e. The average molecular weight is 684 g/mol. The Bertz CT molecular complexity index is 1730. The molecule has 234 valence electrons. The molecule has 0 atom stereocenters. The number of carbonyl (C=O) groups excluding carboxylic acids is 1. The van der Waals surface area contributed by atoms with Crippen LogP contribution in [-0.4, -0.2) is 62.4 Å². The maximum Gasteiger partial charge on any atom is 0.294 e. The van der Waals surface area contributed by atoms with Gasteiger partial charge >= 0.3 is 0 Å². The molecule has 0 fully saturated rings. The van der Waals surface area contributed by atoms with E-state index in [9.17, 15) is 31.3 Å². The maximum atomic E-state index is 12.8. The van der Waals surface area contributed by atoms with Gasteiger partial charge in [-0.15, -0.1) is 18.9 Å². The van der Waals surface area contributed by atoms with Gasteiger partial charge < -0.3 is 15.2 Å². The summed E-state index contributed by atoms with van der Waals surface area (Å²) in [6.45, 7) is 0.767. The topological polar surface area (TPSA) is 258 Å². The summed E-state index contributed by atoms with van der Waals surface area (Å²) in [6.07, 6.45) is 0. The first-order valence-corrected chi connectivity index (χ1v) is 15.6. The number of phenols is 1. The van der Waals surface area contributed by atoms with Gasteiger partial charge in [-0.2, -0.15) is 8.42 Å². The number of fused-ring (bicyclic) bond motifs is 1. The molecular formula is C21H21N3O15S4. The fourth-order valence-electron chi connectivity index (χ4n) is 3.48. The second-order valence-electron chi connectivity index (χ2n) is 7.91. The van der Waals surface area contributed by atoms with Crippen LogP contribution in [0, 0.1) is 0 Å². The van der Waals surface area contributed by atoms with Crippen LogP contribution in [0.25, 0.3) is 10.8 Å². The van der Waals surface area contributed by atoms with E-state index < -0.39 is 42.3 Å². The highest BCUT2D eigenvalue weighted by Crippen LogP contribution is 2.47. The van der Waals surface area contributed by atoms with E-state index in [1.165, 1.54) is 25.3 Å². The number of hydrogen-bond donors (Lipinski definition) is 5. The third kappa shape index (κ3) is 8.94. The summed E-state index contributed by atoms with van der Waals surface area (Å²) in [5.74, 6) is -1.75. The van der Waals surface area contributed by atoms with Gasteiger partial charge in [0.2, 0.25) is 5.91 Å². The van der Waals surface area contributed by atoms with E-state index in [1.807, 2.05) is 0 Å². The summed E-state index contributed by atoms with van der Waals surface area (Å²) in [5, 5.41) is 45.1. The first-order chi connectivity index (χ1) is 20.3. The number of ether oxygens (including phenoxy) is 1. The Morgan fingerprint density at radius 2 is 1.72 bits per heavy atom. The molecule has 0 saturated carbocycles. The molecule has 3 aromatic carbocycles. The van der Waals surface area contributed by atoms with Crippen LogP contribution >= 0.6 is 24.4 Å². The molecule has 0 radical (unpaired) electrons. The van der Waals surface area contributed by atoms with Crippen LogP contribution in [0.3, 0.4) is 0 Å². The van der Waals surface area contributed by atoms with Gasteiger partial charge in [0, 0.05) is 12.3 Å². The number of anilines is 1. The van der Waals surface area contributed by atoms with E-state index in [4.69, 9.17) is 19.4 Å². The molecule has 3 rings (SSSR count). The lowest BCUT2D eigenvalue weighted by Crippen LogP contribution is -2.11. The Balaban J connectivity index is 2.15. The molecule has 3 aromatic rings. The molecule has 0 unspecified atom stereocenters. The number of amides is 1. The SMILES string of the molecule is COc1ccc(S(=O)(=O)CCOSOOO)cc1/N=N/c1c(SOOO)cc2cc(S(=O)(=O)O)cc(NC(C)=O)c2c1O. The third-order valence-corrected chi connectivity index (χ3v) is 8.70. The first kappa shape index (κ1) is 34.4. The Hall–Kier alpha value is -3.13. The van der Waals surface area contributed by atoms with Gasteiger partial charge in [0.15, 0.2) is 27.9 Å². The van der Waals surface area contributed by atoms with Crippen molar-refractivity contribution in [1.82, 2.24) is 0 Å². The van der Waals surface area contributed by atoms with E-state index in [0.717, 1.165) is 25.1 Å². The van der Waals surface area contributed by atoms with E-state index in [0.29, 0.717) is 12.0 Å². The van der Waals surface area contributed by atoms with Gasteiger partial charge in [-0.3, -0.25) is 13.5 Å². The second-order valence-corrected chi connectivity index (χ2v) is 12.7. The van der Waals surface area contributed by atoms with Crippen LogP contribution in [0.2, 0.25) is 0 Å². The zero-order chi connectivity index (χ0) is 31.8. The van der Waals surface area contributed by atoms with Gasteiger partial charge in [0.25, 0.3) is 10.1 Å². The van der Waals surface area contributed by atoms with Crippen molar-refractivity contribution in [1.29, 1.82) is 0 Å². The van der Waals surface area contributed by atoms with E-state index >= 15 is 0 Å². The number of phenolic OH excluding ortho intramolecular Hbond substituents is 1. The summed E-state index contributed by atoms with van der Waals surface area (Å²) in [5.41, 5.74) is -0.688. The third-order valence-electron chi connectivity index (χ3n) is 5.20. The van der Waals surface area contributed by atoms with Crippen LogP contribution < -0.4 is 10.1 Å². The van der Waals surface area contributed by atoms with Gasteiger partial charge in [-0.05, 0) is 41.8 Å². The predicted octanol–water partition coefficient (Wildman–Crippen LogP) is 4.38. The standard InChI is InChI=1S/C21H21N3O15S4/c1-11(25)22-16-10-14(43(31,32)33)7-12-8-18(40-38-36-27)20(21(26)19(12)16)24-23-15-9-13(3-4-17(15)34-2)42(29,30)6-5-35-41-39-37-28/h3-4,7-10,26-28H,5-6H2,1-2H3,(H,22,25)(H,31,32,33)/b24-23+. The molecular weight excluding hydrogens is 663 g/mol. The largest absolute Gasteiger partial charge is 0.505 e. The molecule has 0 spiro atoms. The fraction of sp³-hybridized carbons (Fsp3) is 0.190. The Labute approximate surface area is 251 Å². The average Bonchev–Trinajstić information content (AvgIpc) is 2.94. The molecule has 5 N–H and O–H groups in total. The van der Waals surface area contributed by atoms with E-state index in [2.05, 4.69) is 34.3 Å². The van der Waals surface area contributed by atoms with Crippen LogP contribution in [0.15, 0.2) is 61.3 Å². The predicted molar refractivity (Wildman–Crippen MR) is 148 cm³/mol. The molecule has 0 aliphatic carbocycles. The highest BCUT2D eigenvalue weighted by atomic mass is 32.2. The van der Waals surface area contributed by atoms with Crippen molar-refractivity contribution in [3.8, 4) is 11.5 Å². The van der Waals surface area contributed by atoms with E-state index in [-0.39, 0.29) is 62.3 Å². The van der Waals surface area contributed by atoms with E-state index in [1.54, 1.807) is 0 Å². The molecule has 0 saturated heterocycles. The van der Waals surface area contributed by atoms with Crippen LogP contribution in [0.1, 0.15) is 6.92 Å². The molecule has 22 heteroatoms. The second kappa shape index (κ2) is 15.0. The van der Waals surface area contributed by atoms with Crippen molar-refractivity contribution >= 4 is 78.1 Å². The number of azo groups is 1. The first-order valence-electron chi connectivity index (χ1n) is 11.1. The van der Waals surface area contributed by atoms with Crippen molar-refractivity contribution in [3.05, 3.63) is 36.4 Å². The van der Waals surface area contributed by atoms with Crippen molar-refractivity contribution in [3.63, 3.8) is 0 Å². The number of aromatic hydroxyl groups is 1. The van der Waals surface area contributed by atoms with Crippen molar-refractivity contribution < 1.29 is 69.5 Å². The van der Waals surface area contributed by atoms with Crippen molar-refractivity contribution in [2.24, 2.45) is 10.2 Å². The van der Waals surface area contributed by atoms with Crippen LogP contribution in [0.4, 0.5) is 17.1 Å². The summed E-state index contributed by atoms with van der Waals surface area (Å²) >= 11 is 0.516. The minimum atomic E-state index is -4.76. The summed E-state index contributed by atoms with van der Waals surface area (Å²) in [6, 6.07) is 6.77. The van der Waals surface area contributed by atoms with Crippen molar-refractivity contribution in [2.75, 3.05) is 24.8 Å². The monoisotopic (exact) mass is 683 g/mol. The Morgan fingerprint density at radius 3 is 2.35 bits per heavy atom. The van der Waals surface area contributed by atoms with Crippen molar-refractivity contribution in [2.45, 2.75) is 21.6 Å². The lowest BCUT2D eigenvalue weighted by molar-refractivity contribution is -0.434. The number of nitrogens with zero attached hydrogens (tertiary/aromatic N) is 2. The number of benzene rings is 3. The minimum absolute atomic E-state index is 0.0265. The van der Waals surface area contributed by atoms with Crippen LogP contribution in [-0.2, 0) is 47.7 Å². The molecule has 18 nitrogen and oxygen atoms in total. The molecule has 1 amide bonds. The zero-order valence-corrected chi connectivity index (χ0v) is 25.0.